The standard InChI is InChI=1S/C16H12F5N3O3/c17-13(18)11-9(15(26)27)8(6-7-2-3-7)10(12(23-11)16(19,20)21)14(25)24-5-1-4-22-24/h1,4-5,7,13H,2-3,6H2,(H,26,27). The number of carbonyl (C=O) groups excluding carboxylic acids is 1. The average Bonchev–Trinajstić information content (AvgIpc) is 3.21. The van der Waals surface area contributed by atoms with Crippen LogP contribution in [0.25, 0.3) is 0 Å². The van der Waals surface area contributed by atoms with E-state index >= 15 is 0 Å². The lowest BCUT2D eigenvalue weighted by atomic mass is 9.92. The third kappa shape index (κ3) is 3.67. The number of carbonyl (C=O) groups is 2. The Balaban J connectivity index is 2.37. The van der Waals surface area contributed by atoms with Gasteiger partial charge in [-0.3, -0.25) is 4.79 Å². The topological polar surface area (TPSA) is 85.1 Å². The first-order valence-electron chi connectivity index (χ1n) is 7.81. The second kappa shape index (κ2) is 6.71. The summed E-state index contributed by atoms with van der Waals surface area (Å²) in [5.41, 5.74) is -6.02. The molecule has 2 aromatic heterocycles. The maximum atomic E-state index is 13.5. The van der Waals surface area contributed by atoms with Crippen LogP contribution >= 0.6 is 0 Å². The number of halogens is 5. The number of aromatic carboxylic acids is 1. The number of aromatic nitrogens is 3. The fourth-order valence-electron chi connectivity index (χ4n) is 2.81. The normalized spacial score (nSPS) is 14.6. The molecule has 0 spiro atoms. The van der Waals surface area contributed by atoms with Crippen molar-refractivity contribution in [3.05, 3.63) is 46.5 Å². The Morgan fingerprint density at radius 2 is 1.93 bits per heavy atom. The highest BCUT2D eigenvalue weighted by molar-refractivity contribution is 6.02. The van der Waals surface area contributed by atoms with E-state index in [2.05, 4.69) is 10.1 Å². The van der Waals surface area contributed by atoms with Gasteiger partial charge in [0, 0.05) is 12.4 Å². The summed E-state index contributed by atoms with van der Waals surface area (Å²) in [6.07, 6.45) is -5.61. The van der Waals surface area contributed by atoms with Crippen molar-refractivity contribution in [3.63, 3.8) is 0 Å². The van der Waals surface area contributed by atoms with Crippen molar-refractivity contribution in [2.24, 2.45) is 5.92 Å². The fraction of sp³-hybridized carbons (Fsp3) is 0.375. The zero-order valence-electron chi connectivity index (χ0n) is 13.5. The molecule has 1 aliphatic carbocycles. The van der Waals surface area contributed by atoms with E-state index in [9.17, 15) is 36.6 Å². The van der Waals surface area contributed by atoms with Crippen LogP contribution in [0.5, 0.6) is 0 Å². The summed E-state index contributed by atoms with van der Waals surface area (Å²) in [4.78, 5) is 27.1. The maximum Gasteiger partial charge on any atom is 0.434 e. The zero-order valence-corrected chi connectivity index (χ0v) is 13.5. The lowest BCUT2D eigenvalue weighted by Gasteiger charge is -2.20. The van der Waals surface area contributed by atoms with E-state index in [4.69, 9.17) is 0 Å². The Kier molecular flexibility index (Phi) is 4.70. The van der Waals surface area contributed by atoms with Gasteiger partial charge in [0.1, 0.15) is 5.69 Å². The number of alkyl halides is 5. The lowest BCUT2D eigenvalue weighted by molar-refractivity contribution is -0.141. The number of pyridine rings is 1. The van der Waals surface area contributed by atoms with E-state index in [0.29, 0.717) is 17.5 Å². The van der Waals surface area contributed by atoms with Crippen molar-refractivity contribution < 1.29 is 36.6 Å². The van der Waals surface area contributed by atoms with E-state index < -0.39 is 52.6 Å². The second-order valence-corrected chi connectivity index (χ2v) is 6.08. The van der Waals surface area contributed by atoms with E-state index in [-0.39, 0.29) is 12.3 Å². The Morgan fingerprint density at radius 3 is 2.37 bits per heavy atom. The summed E-state index contributed by atoms with van der Waals surface area (Å²) in [6, 6.07) is 1.28. The van der Waals surface area contributed by atoms with Crippen molar-refractivity contribution >= 4 is 11.9 Å². The average molecular weight is 389 g/mol. The van der Waals surface area contributed by atoms with Crippen molar-refractivity contribution in [1.29, 1.82) is 0 Å². The van der Waals surface area contributed by atoms with Gasteiger partial charge in [0.25, 0.3) is 12.3 Å². The summed E-state index contributed by atoms with van der Waals surface area (Å²) in [5, 5.41) is 12.9. The van der Waals surface area contributed by atoms with Crippen LogP contribution in [0, 0.1) is 5.92 Å². The van der Waals surface area contributed by atoms with E-state index in [0.717, 1.165) is 12.4 Å². The molecule has 1 saturated carbocycles. The van der Waals surface area contributed by atoms with Crippen molar-refractivity contribution in [3.8, 4) is 0 Å². The van der Waals surface area contributed by atoms with Crippen molar-refractivity contribution in [2.75, 3.05) is 0 Å². The van der Waals surface area contributed by atoms with Gasteiger partial charge in [-0.05, 0) is 36.8 Å². The maximum absolute atomic E-state index is 13.5. The smallest absolute Gasteiger partial charge is 0.434 e. The Labute approximate surface area is 148 Å². The highest BCUT2D eigenvalue weighted by Crippen LogP contribution is 2.41. The van der Waals surface area contributed by atoms with E-state index in [1.807, 2.05) is 0 Å². The molecule has 0 atom stereocenters. The van der Waals surface area contributed by atoms with Gasteiger partial charge in [0.2, 0.25) is 0 Å². The molecule has 0 amide bonds. The first kappa shape index (κ1) is 18.9. The summed E-state index contributed by atoms with van der Waals surface area (Å²) in [7, 11) is 0. The third-order valence-corrected chi connectivity index (χ3v) is 4.13. The molecule has 1 N–H and O–H groups in total. The van der Waals surface area contributed by atoms with Gasteiger partial charge in [-0.25, -0.2) is 23.2 Å². The molecule has 27 heavy (non-hydrogen) atoms. The summed E-state index contributed by atoms with van der Waals surface area (Å²) in [6.45, 7) is 0. The molecule has 0 unspecified atom stereocenters. The number of carboxylic acids is 1. The molecule has 6 nitrogen and oxygen atoms in total. The molecule has 2 heterocycles. The molecule has 0 bridgehead atoms. The zero-order chi connectivity index (χ0) is 19.9. The second-order valence-electron chi connectivity index (χ2n) is 6.08. The van der Waals surface area contributed by atoms with Gasteiger partial charge in [-0.1, -0.05) is 0 Å². The summed E-state index contributed by atoms with van der Waals surface area (Å²) in [5.74, 6) is -3.32. The molecule has 0 saturated heterocycles. The highest BCUT2D eigenvalue weighted by Gasteiger charge is 2.43. The summed E-state index contributed by atoms with van der Waals surface area (Å²) >= 11 is 0. The van der Waals surface area contributed by atoms with Crippen LogP contribution in [0.3, 0.4) is 0 Å². The molecule has 2 aromatic rings. The minimum Gasteiger partial charge on any atom is -0.478 e. The number of carboxylic acid groups (broad SMARTS) is 1. The van der Waals surface area contributed by atoms with Crippen molar-refractivity contribution in [1.82, 2.24) is 14.8 Å². The predicted octanol–water partition coefficient (Wildman–Crippen LogP) is 3.57. The molecule has 1 aliphatic rings. The van der Waals surface area contributed by atoms with Gasteiger partial charge in [0.05, 0.1) is 11.1 Å². The molecule has 0 radical (unpaired) electrons. The Bertz CT molecular complexity index is 890. The predicted molar refractivity (Wildman–Crippen MR) is 79.5 cm³/mol. The fourth-order valence-corrected chi connectivity index (χ4v) is 2.81. The van der Waals surface area contributed by atoms with Crippen LogP contribution in [0.2, 0.25) is 0 Å². The first-order valence-corrected chi connectivity index (χ1v) is 7.81. The molecule has 144 valence electrons. The Hall–Kier alpha value is -2.85. The molecule has 11 heteroatoms. The number of nitrogens with zero attached hydrogens (tertiary/aromatic N) is 3. The first-order chi connectivity index (χ1) is 12.6. The Morgan fingerprint density at radius 1 is 1.26 bits per heavy atom. The van der Waals surface area contributed by atoms with E-state index in [1.54, 1.807) is 0 Å². The minimum absolute atomic E-state index is 0.179. The number of hydrogen-bond donors (Lipinski definition) is 1. The largest absolute Gasteiger partial charge is 0.478 e. The molecular weight excluding hydrogens is 377 g/mol. The minimum atomic E-state index is -5.24. The highest BCUT2D eigenvalue weighted by atomic mass is 19.4. The molecule has 0 aromatic carbocycles. The van der Waals surface area contributed by atoms with Crippen LogP contribution in [0.4, 0.5) is 22.0 Å². The number of rotatable bonds is 5. The van der Waals surface area contributed by atoms with Crippen LogP contribution in [0.1, 0.15) is 56.9 Å². The SMILES string of the molecule is O=C(O)c1c(C(F)F)nc(C(F)(F)F)c(C(=O)n2cccn2)c1CC1CC1. The van der Waals surface area contributed by atoms with Gasteiger partial charge in [0.15, 0.2) is 5.69 Å². The van der Waals surface area contributed by atoms with Gasteiger partial charge in [-0.15, -0.1) is 0 Å². The van der Waals surface area contributed by atoms with E-state index in [1.165, 1.54) is 6.07 Å². The molecular formula is C16H12F5N3O3. The van der Waals surface area contributed by atoms with Crippen molar-refractivity contribution in [2.45, 2.75) is 31.9 Å². The molecule has 0 aliphatic heterocycles. The van der Waals surface area contributed by atoms with Gasteiger partial charge in [-0.2, -0.15) is 18.3 Å². The lowest BCUT2D eigenvalue weighted by Crippen LogP contribution is -2.27. The van der Waals surface area contributed by atoms with Crippen LogP contribution < -0.4 is 0 Å². The summed E-state index contributed by atoms with van der Waals surface area (Å²) < 4.78 is 67.7. The van der Waals surface area contributed by atoms with Crippen LogP contribution in [-0.2, 0) is 12.6 Å². The van der Waals surface area contributed by atoms with Crippen LogP contribution in [-0.4, -0.2) is 31.7 Å². The van der Waals surface area contributed by atoms with Gasteiger partial charge < -0.3 is 5.11 Å². The van der Waals surface area contributed by atoms with Gasteiger partial charge >= 0.3 is 12.1 Å². The quantitative estimate of drug-likeness (QED) is 0.791. The number of hydrogen-bond acceptors (Lipinski definition) is 4. The third-order valence-electron chi connectivity index (χ3n) is 4.13. The van der Waals surface area contributed by atoms with Crippen LogP contribution in [0.15, 0.2) is 18.5 Å². The molecule has 3 rings (SSSR count). The molecule has 1 fully saturated rings. The monoisotopic (exact) mass is 389 g/mol.